The monoisotopic (exact) mass is 294 g/mol. The Hall–Kier alpha value is -0.0800. The van der Waals surface area contributed by atoms with Crippen LogP contribution in [0.15, 0.2) is 0 Å². The van der Waals surface area contributed by atoms with Gasteiger partial charge in [-0.3, -0.25) is 4.90 Å². The van der Waals surface area contributed by atoms with Gasteiger partial charge in [0.1, 0.15) is 0 Å². The molecular formula is C19H38N2. The normalized spacial score (nSPS) is 32.9. The van der Waals surface area contributed by atoms with Crippen LogP contribution in [-0.2, 0) is 0 Å². The van der Waals surface area contributed by atoms with E-state index in [-0.39, 0.29) is 0 Å². The Labute approximate surface area is 133 Å². The maximum atomic E-state index is 3.35. The fourth-order valence-corrected chi connectivity index (χ4v) is 4.60. The zero-order valence-electron chi connectivity index (χ0n) is 15.0. The molecular weight excluding hydrogens is 256 g/mol. The van der Waals surface area contributed by atoms with Crippen molar-refractivity contribution in [1.82, 2.24) is 10.2 Å². The molecule has 2 aliphatic rings. The number of hydrogen-bond donors (Lipinski definition) is 1. The summed E-state index contributed by atoms with van der Waals surface area (Å²) in [6, 6.07) is 1.72. The van der Waals surface area contributed by atoms with E-state index in [9.17, 15) is 0 Å². The van der Waals surface area contributed by atoms with E-state index in [1.54, 1.807) is 0 Å². The smallest absolute Gasteiger partial charge is 0.0110 e. The molecule has 0 aromatic carbocycles. The van der Waals surface area contributed by atoms with Crippen molar-refractivity contribution in [3.63, 3.8) is 0 Å². The second-order valence-electron chi connectivity index (χ2n) is 8.50. The Balaban J connectivity index is 1.93. The van der Waals surface area contributed by atoms with E-state index in [1.165, 1.54) is 70.9 Å². The third-order valence-corrected chi connectivity index (χ3v) is 6.03. The minimum absolute atomic E-state index is 0.502. The van der Waals surface area contributed by atoms with Crippen molar-refractivity contribution in [2.75, 3.05) is 20.1 Å². The molecule has 3 unspecified atom stereocenters. The van der Waals surface area contributed by atoms with E-state index >= 15 is 0 Å². The first-order valence-electron chi connectivity index (χ1n) is 9.42. The van der Waals surface area contributed by atoms with Crippen LogP contribution in [0.5, 0.6) is 0 Å². The first-order valence-corrected chi connectivity index (χ1v) is 9.42. The maximum Gasteiger partial charge on any atom is 0.0110 e. The summed E-state index contributed by atoms with van der Waals surface area (Å²) in [5.74, 6) is 0.933. The van der Waals surface area contributed by atoms with Crippen LogP contribution in [0.3, 0.4) is 0 Å². The van der Waals surface area contributed by atoms with Crippen LogP contribution in [0, 0.1) is 11.3 Å². The van der Waals surface area contributed by atoms with Crippen LogP contribution in [-0.4, -0.2) is 37.1 Å². The zero-order chi connectivity index (χ0) is 15.3. The summed E-state index contributed by atoms with van der Waals surface area (Å²) >= 11 is 0. The summed E-state index contributed by atoms with van der Waals surface area (Å²) in [6.45, 7) is 9.86. The molecule has 124 valence electrons. The molecule has 1 saturated heterocycles. The quantitative estimate of drug-likeness (QED) is 0.771. The van der Waals surface area contributed by atoms with Gasteiger partial charge in [0.2, 0.25) is 0 Å². The van der Waals surface area contributed by atoms with Gasteiger partial charge in [-0.25, -0.2) is 0 Å². The molecule has 2 fully saturated rings. The number of likely N-dealkylation sites (tertiary alicyclic amines) is 1. The molecule has 1 saturated carbocycles. The number of rotatable bonds is 4. The number of nitrogens with one attached hydrogen (secondary N) is 1. The SMILES string of the molecule is CNCCC1CCCCN1C1CCCC(C(C)(C)C)CC1. The number of piperidine rings is 1. The molecule has 1 N–H and O–H groups in total. The lowest BCUT2D eigenvalue weighted by Gasteiger charge is -2.41. The van der Waals surface area contributed by atoms with Crippen molar-refractivity contribution in [1.29, 1.82) is 0 Å². The lowest BCUT2D eigenvalue weighted by atomic mass is 9.76. The lowest BCUT2D eigenvalue weighted by Crippen LogP contribution is -2.47. The summed E-state index contributed by atoms with van der Waals surface area (Å²) in [4.78, 5) is 2.91. The molecule has 2 rings (SSSR count). The standard InChI is InChI=1S/C19H38N2/c1-19(2,3)16-8-7-10-17(12-11-16)21-15-6-5-9-18(21)13-14-20-4/h16-18,20H,5-15H2,1-4H3. The Morgan fingerprint density at radius 3 is 2.48 bits per heavy atom. The second kappa shape index (κ2) is 7.97. The van der Waals surface area contributed by atoms with E-state index in [1.807, 2.05) is 0 Å². The average molecular weight is 295 g/mol. The van der Waals surface area contributed by atoms with Crippen LogP contribution < -0.4 is 5.32 Å². The summed E-state index contributed by atoms with van der Waals surface area (Å²) in [5.41, 5.74) is 0.502. The first kappa shape index (κ1) is 17.3. The summed E-state index contributed by atoms with van der Waals surface area (Å²) in [7, 11) is 2.09. The molecule has 1 aliphatic carbocycles. The topological polar surface area (TPSA) is 15.3 Å². The Bertz CT molecular complexity index is 294. The fourth-order valence-electron chi connectivity index (χ4n) is 4.60. The Kier molecular flexibility index (Phi) is 6.55. The molecule has 2 nitrogen and oxygen atoms in total. The van der Waals surface area contributed by atoms with Gasteiger partial charge in [0, 0.05) is 12.1 Å². The van der Waals surface area contributed by atoms with Crippen LogP contribution in [0.4, 0.5) is 0 Å². The number of hydrogen-bond acceptors (Lipinski definition) is 2. The van der Waals surface area contributed by atoms with E-state index < -0.39 is 0 Å². The molecule has 0 bridgehead atoms. The average Bonchev–Trinajstić information content (AvgIpc) is 2.71. The molecule has 0 spiro atoms. The van der Waals surface area contributed by atoms with Crippen molar-refractivity contribution >= 4 is 0 Å². The van der Waals surface area contributed by atoms with E-state index in [0.717, 1.165) is 18.0 Å². The third kappa shape index (κ3) is 4.96. The molecule has 1 heterocycles. The van der Waals surface area contributed by atoms with E-state index in [0.29, 0.717) is 5.41 Å². The second-order valence-corrected chi connectivity index (χ2v) is 8.50. The van der Waals surface area contributed by atoms with Crippen molar-refractivity contribution < 1.29 is 0 Å². The summed E-state index contributed by atoms with van der Waals surface area (Å²) < 4.78 is 0. The van der Waals surface area contributed by atoms with Crippen LogP contribution in [0.25, 0.3) is 0 Å². The predicted molar refractivity (Wildman–Crippen MR) is 92.7 cm³/mol. The highest BCUT2D eigenvalue weighted by Crippen LogP contribution is 2.38. The van der Waals surface area contributed by atoms with Crippen molar-refractivity contribution in [3.05, 3.63) is 0 Å². The van der Waals surface area contributed by atoms with E-state index in [2.05, 4.69) is 38.0 Å². The molecule has 0 radical (unpaired) electrons. The van der Waals surface area contributed by atoms with Gasteiger partial charge in [-0.2, -0.15) is 0 Å². The van der Waals surface area contributed by atoms with Crippen molar-refractivity contribution in [2.24, 2.45) is 11.3 Å². The zero-order valence-corrected chi connectivity index (χ0v) is 15.0. The van der Waals surface area contributed by atoms with Gasteiger partial charge in [-0.1, -0.05) is 33.6 Å². The van der Waals surface area contributed by atoms with Crippen molar-refractivity contribution in [2.45, 2.75) is 90.6 Å². The molecule has 0 amide bonds. The highest BCUT2D eigenvalue weighted by molar-refractivity contribution is 4.87. The highest BCUT2D eigenvalue weighted by Gasteiger charge is 2.33. The third-order valence-electron chi connectivity index (χ3n) is 6.03. The van der Waals surface area contributed by atoms with Gasteiger partial charge >= 0.3 is 0 Å². The largest absolute Gasteiger partial charge is 0.320 e. The van der Waals surface area contributed by atoms with Crippen LogP contribution in [0.1, 0.15) is 78.6 Å². The summed E-state index contributed by atoms with van der Waals surface area (Å²) in [5, 5.41) is 3.35. The molecule has 21 heavy (non-hydrogen) atoms. The molecule has 1 aliphatic heterocycles. The predicted octanol–water partition coefficient (Wildman–Crippen LogP) is 4.45. The Morgan fingerprint density at radius 2 is 1.76 bits per heavy atom. The molecule has 0 aromatic rings. The minimum Gasteiger partial charge on any atom is -0.320 e. The Morgan fingerprint density at radius 1 is 0.952 bits per heavy atom. The molecule has 3 atom stereocenters. The van der Waals surface area contributed by atoms with Gasteiger partial charge in [0.05, 0.1) is 0 Å². The molecule has 0 aromatic heterocycles. The summed E-state index contributed by atoms with van der Waals surface area (Å²) in [6.07, 6.45) is 12.9. The van der Waals surface area contributed by atoms with Gasteiger partial charge in [-0.15, -0.1) is 0 Å². The first-order chi connectivity index (χ1) is 10.0. The minimum atomic E-state index is 0.502. The van der Waals surface area contributed by atoms with Gasteiger partial charge in [0.25, 0.3) is 0 Å². The lowest BCUT2D eigenvalue weighted by molar-refractivity contribution is 0.0782. The van der Waals surface area contributed by atoms with Crippen LogP contribution in [0.2, 0.25) is 0 Å². The van der Waals surface area contributed by atoms with Gasteiger partial charge in [-0.05, 0) is 76.4 Å². The highest BCUT2D eigenvalue weighted by atomic mass is 15.2. The fraction of sp³-hybridized carbons (Fsp3) is 1.00. The van der Waals surface area contributed by atoms with Crippen molar-refractivity contribution in [3.8, 4) is 0 Å². The van der Waals surface area contributed by atoms with Gasteiger partial charge < -0.3 is 5.32 Å². The van der Waals surface area contributed by atoms with E-state index in [4.69, 9.17) is 0 Å². The maximum absolute atomic E-state index is 3.35. The van der Waals surface area contributed by atoms with Crippen LogP contribution >= 0.6 is 0 Å². The number of nitrogens with zero attached hydrogens (tertiary/aromatic N) is 1. The molecule has 2 heteroatoms. The van der Waals surface area contributed by atoms with Gasteiger partial charge in [0.15, 0.2) is 0 Å².